The summed E-state index contributed by atoms with van der Waals surface area (Å²) in [6.45, 7) is 3.92. The molecule has 1 aromatic carbocycles. The van der Waals surface area contributed by atoms with E-state index >= 15 is 0 Å². The van der Waals surface area contributed by atoms with Crippen LogP contribution in [0.25, 0.3) is 10.9 Å². The van der Waals surface area contributed by atoms with Crippen molar-refractivity contribution in [1.82, 2.24) is 20.2 Å². The van der Waals surface area contributed by atoms with Gasteiger partial charge in [0.2, 0.25) is 0 Å². The zero-order valence-corrected chi connectivity index (χ0v) is 11.7. The van der Waals surface area contributed by atoms with Gasteiger partial charge in [-0.05, 0) is 44.6 Å². The average Bonchev–Trinajstić information content (AvgIpc) is 2.87. The van der Waals surface area contributed by atoms with Gasteiger partial charge in [-0.1, -0.05) is 12.1 Å². The molecule has 2 heterocycles. The molecule has 5 nitrogen and oxygen atoms in total. The topological polar surface area (TPSA) is 61.0 Å². The van der Waals surface area contributed by atoms with Crippen molar-refractivity contribution < 1.29 is 0 Å². The average molecular weight is 272 g/mol. The second-order valence-electron chi connectivity index (χ2n) is 5.48. The number of para-hydroxylation sites is 1. The van der Waals surface area contributed by atoms with Crippen LogP contribution in [0.15, 0.2) is 29.1 Å². The third kappa shape index (κ3) is 2.73. The maximum atomic E-state index is 12.0. The Morgan fingerprint density at radius 2 is 2.30 bits per heavy atom. The van der Waals surface area contributed by atoms with E-state index in [1.807, 2.05) is 31.3 Å². The molecule has 2 N–H and O–H groups in total. The highest BCUT2D eigenvalue weighted by Crippen LogP contribution is 2.17. The van der Waals surface area contributed by atoms with Crippen molar-refractivity contribution >= 4 is 10.9 Å². The number of aromatic nitrogens is 2. The molecule has 3 rings (SSSR count). The minimum Gasteiger partial charge on any atom is -0.319 e. The van der Waals surface area contributed by atoms with Gasteiger partial charge in [0.25, 0.3) is 5.56 Å². The molecule has 0 spiro atoms. The third-order valence-electron chi connectivity index (χ3n) is 3.90. The van der Waals surface area contributed by atoms with Crippen LogP contribution in [-0.2, 0) is 6.54 Å². The van der Waals surface area contributed by atoms with Crippen LogP contribution < -0.4 is 10.9 Å². The second kappa shape index (κ2) is 5.73. The Kier molecular flexibility index (Phi) is 3.80. The minimum atomic E-state index is -0.0448. The maximum Gasteiger partial charge on any atom is 0.258 e. The quantitative estimate of drug-likeness (QED) is 0.870. The van der Waals surface area contributed by atoms with Crippen molar-refractivity contribution in [3.63, 3.8) is 0 Å². The molecule has 0 amide bonds. The lowest BCUT2D eigenvalue weighted by Gasteiger charge is -2.15. The van der Waals surface area contributed by atoms with Gasteiger partial charge in [-0.2, -0.15) is 0 Å². The predicted molar refractivity (Wildman–Crippen MR) is 79.7 cm³/mol. The van der Waals surface area contributed by atoms with Gasteiger partial charge in [-0.25, -0.2) is 4.98 Å². The van der Waals surface area contributed by atoms with Gasteiger partial charge >= 0.3 is 0 Å². The third-order valence-corrected chi connectivity index (χ3v) is 3.90. The summed E-state index contributed by atoms with van der Waals surface area (Å²) >= 11 is 0. The number of rotatable bonds is 4. The summed E-state index contributed by atoms with van der Waals surface area (Å²) in [6.07, 6.45) is 1.21. The van der Waals surface area contributed by atoms with E-state index < -0.39 is 0 Å². The number of nitrogens with one attached hydrogen (secondary N) is 2. The first-order valence-corrected chi connectivity index (χ1v) is 7.11. The van der Waals surface area contributed by atoms with Crippen LogP contribution in [0.3, 0.4) is 0 Å². The zero-order chi connectivity index (χ0) is 13.9. The van der Waals surface area contributed by atoms with Crippen LogP contribution in [0.1, 0.15) is 12.2 Å². The van der Waals surface area contributed by atoms with Gasteiger partial charge in [0.05, 0.1) is 17.4 Å². The number of H-pyrrole nitrogens is 1. The molecule has 1 aliphatic heterocycles. The summed E-state index contributed by atoms with van der Waals surface area (Å²) in [5, 5.41) is 3.89. The highest BCUT2D eigenvalue weighted by Gasteiger charge is 2.22. The van der Waals surface area contributed by atoms with Crippen molar-refractivity contribution in [2.24, 2.45) is 5.92 Å². The second-order valence-corrected chi connectivity index (χ2v) is 5.48. The van der Waals surface area contributed by atoms with E-state index in [0.717, 1.165) is 37.5 Å². The van der Waals surface area contributed by atoms with Gasteiger partial charge in [-0.15, -0.1) is 0 Å². The Hall–Kier alpha value is -1.72. The molecule has 1 aliphatic rings. The van der Waals surface area contributed by atoms with Gasteiger partial charge in [0, 0.05) is 6.54 Å². The number of fused-ring (bicyclic) bond motifs is 1. The molecule has 0 saturated carbocycles. The molecule has 1 aromatic heterocycles. The highest BCUT2D eigenvalue weighted by atomic mass is 16.1. The van der Waals surface area contributed by atoms with Gasteiger partial charge in [-0.3, -0.25) is 9.69 Å². The Balaban J connectivity index is 1.77. The monoisotopic (exact) mass is 272 g/mol. The first-order chi connectivity index (χ1) is 9.76. The van der Waals surface area contributed by atoms with E-state index in [9.17, 15) is 4.79 Å². The number of nitrogens with zero attached hydrogens (tertiary/aromatic N) is 2. The van der Waals surface area contributed by atoms with E-state index in [1.54, 1.807) is 0 Å². The molecule has 5 heteroatoms. The normalized spacial score (nSPS) is 19.8. The Labute approximate surface area is 118 Å². The zero-order valence-electron chi connectivity index (χ0n) is 11.7. The van der Waals surface area contributed by atoms with Gasteiger partial charge in [0.15, 0.2) is 0 Å². The minimum absolute atomic E-state index is 0.0448. The lowest BCUT2D eigenvalue weighted by Crippen LogP contribution is -2.26. The molecule has 0 bridgehead atoms. The summed E-state index contributed by atoms with van der Waals surface area (Å²) in [4.78, 5) is 21.8. The lowest BCUT2D eigenvalue weighted by atomic mass is 10.1. The number of likely N-dealkylation sites (tertiary alicyclic amines) is 1. The molecule has 0 radical (unpaired) electrons. The molecule has 1 unspecified atom stereocenters. The summed E-state index contributed by atoms with van der Waals surface area (Å²) in [6, 6.07) is 7.48. The first-order valence-electron chi connectivity index (χ1n) is 7.11. The van der Waals surface area contributed by atoms with Crippen molar-refractivity contribution in [2.75, 3.05) is 26.7 Å². The van der Waals surface area contributed by atoms with E-state index in [1.165, 1.54) is 6.42 Å². The van der Waals surface area contributed by atoms with E-state index in [2.05, 4.69) is 20.2 Å². The number of hydrogen-bond acceptors (Lipinski definition) is 4. The van der Waals surface area contributed by atoms with E-state index in [0.29, 0.717) is 11.3 Å². The highest BCUT2D eigenvalue weighted by molar-refractivity contribution is 5.77. The summed E-state index contributed by atoms with van der Waals surface area (Å²) in [5.41, 5.74) is 0.730. The molecular formula is C15H20N4O. The standard InChI is InChI=1S/C15H20N4O/c1-16-8-11-6-7-19(9-11)10-14-17-13-5-3-2-4-12(13)15(20)18-14/h2-5,11,16H,6-10H2,1H3,(H,17,18,20). The molecule has 0 aliphatic carbocycles. The van der Waals surface area contributed by atoms with Crippen LogP contribution >= 0.6 is 0 Å². The van der Waals surface area contributed by atoms with Crippen LogP contribution in [0.5, 0.6) is 0 Å². The Bertz CT molecular complexity index is 652. The summed E-state index contributed by atoms with van der Waals surface area (Å²) in [7, 11) is 1.99. The predicted octanol–water partition coefficient (Wildman–Crippen LogP) is 0.964. The number of benzene rings is 1. The van der Waals surface area contributed by atoms with Crippen molar-refractivity contribution in [2.45, 2.75) is 13.0 Å². The van der Waals surface area contributed by atoms with Crippen molar-refractivity contribution in [3.05, 3.63) is 40.4 Å². The number of aromatic amines is 1. The lowest BCUT2D eigenvalue weighted by molar-refractivity contribution is 0.307. The smallest absolute Gasteiger partial charge is 0.258 e. The summed E-state index contributed by atoms with van der Waals surface area (Å²) < 4.78 is 0. The molecule has 1 atom stereocenters. The van der Waals surface area contributed by atoms with E-state index in [4.69, 9.17) is 0 Å². The SMILES string of the molecule is CNCC1CCN(Cc2nc3ccccc3c(=O)[nH]2)C1. The Morgan fingerprint density at radius 3 is 3.15 bits per heavy atom. The first kappa shape index (κ1) is 13.3. The van der Waals surface area contributed by atoms with Gasteiger partial charge < -0.3 is 10.3 Å². The molecule has 1 saturated heterocycles. The molecule has 106 valence electrons. The molecule has 1 fully saturated rings. The van der Waals surface area contributed by atoms with Gasteiger partial charge in [0.1, 0.15) is 5.82 Å². The van der Waals surface area contributed by atoms with Crippen molar-refractivity contribution in [1.29, 1.82) is 0 Å². The van der Waals surface area contributed by atoms with Crippen molar-refractivity contribution in [3.8, 4) is 0 Å². The fourth-order valence-corrected chi connectivity index (χ4v) is 2.93. The molecule has 2 aromatic rings. The summed E-state index contributed by atoms with van der Waals surface area (Å²) in [5.74, 6) is 1.46. The Morgan fingerprint density at radius 1 is 1.45 bits per heavy atom. The fraction of sp³-hybridized carbons (Fsp3) is 0.467. The van der Waals surface area contributed by atoms with Crippen LogP contribution in [-0.4, -0.2) is 41.5 Å². The van der Waals surface area contributed by atoms with Crippen LogP contribution in [0.2, 0.25) is 0 Å². The molecule has 20 heavy (non-hydrogen) atoms. The van der Waals surface area contributed by atoms with E-state index in [-0.39, 0.29) is 5.56 Å². The molecular weight excluding hydrogens is 252 g/mol. The number of hydrogen-bond donors (Lipinski definition) is 2. The van der Waals surface area contributed by atoms with Crippen LogP contribution in [0, 0.1) is 5.92 Å². The fourth-order valence-electron chi connectivity index (χ4n) is 2.93. The van der Waals surface area contributed by atoms with Crippen LogP contribution in [0.4, 0.5) is 0 Å². The largest absolute Gasteiger partial charge is 0.319 e. The maximum absolute atomic E-state index is 12.0.